The zero-order valence-electron chi connectivity index (χ0n) is 16.3. The van der Waals surface area contributed by atoms with Gasteiger partial charge in [-0.3, -0.25) is 0 Å². The molecule has 0 bridgehead atoms. The first-order valence-electron chi connectivity index (χ1n) is 10.6. The highest BCUT2D eigenvalue weighted by atomic mass is 16.5. The number of nitrogens with one attached hydrogen (secondary N) is 1. The first-order valence-corrected chi connectivity index (χ1v) is 10.6. The SMILES string of the molecule is Nc1ncc(C2CCOC2)c2nc(N[C@H]3CC[C@H](OCC4CC4)CC3)ncc12. The summed E-state index contributed by atoms with van der Waals surface area (Å²) in [5.41, 5.74) is 8.09. The molecule has 1 unspecified atom stereocenters. The van der Waals surface area contributed by atoms with E-state index in [2.05, 4.69) is 15.3 Å². The number of ether oxygens (including phenoxy) is 2. The Morgan fingerprint density at radius 2 is 1.93 bits per heavy atom. The van der Waals surface area contributed by atoms with E-state index in [1.165, 1.54) is 12.8 Å². The molecule has 0 amide bonds. The minimum atomic E-state index is 0.331. The van der Waals surface area contributed by atoms with Crippen molar-refractivity contribution < 1.29 is 9.47 Å². The van der Waals surface area contributed by atoms with E-state index in [1.807, 2.05) is 6.20 Å². The highest BCUT2D eigenvalue weighted by Gasteiger charge is 2.27. The highest BCUT2D eigenvalue weighted by Crippen LogP contribution is 2.33. The number of nitrogen functional groups attached to an aromatic ring is 1. The summed E-state index contributed by atoms with van der Waals surface area (Å²) >= 11 is 0. The number of pyridine rings is 1. The lowest BCUT2D eigenvalue weighted by atomic mass is 9.93. The Kier molecular flexibility index (Phi) is 5.03. The van der Waals surface area contributed by atoms with Gasteiger partial charge in [0.05, 0.1) is 23.6 Å². The summed E-state index contributed by atoms with van der Waals surface area (Å²) in [7, 11) is 0. The Hall–Kier alpha value is -1.99. The molecule has 2 saturated carbocycles. The van der Waals surface area contributed by atoms with E-state index in [1.54, 1.807) is 6.20 Å². The fourth-order valence-electron chi connectivity index (χ4n) is 4.32. The molecule has 7 nitrogen and oxygen atoms in total. The number of anilines is 2. The predicted octanol–water partition coefficient (Wildman–Crippen LogP) is 3.26. The fourth-order valence-corrected chi connectivity index (χ4v) is 4.32. The van der Waals surface area contributed by atoms with Crippen LogP contribution in [0.5, 0.6) is 0 Å². The van der Waals surface area contributed by atoms with E-state index >= 15 is 0 Å². The number of nitrogens with zero attached hydrogens (tertiary/aromatic N) is 3. The highest BCUT2D eigenvalue weighted by molar-refractivity contribution is 5.90. The lowest BCUT2D eigenvalue weighted by Crippen LogP contribution is -2.30. The van der Waals surface area contributed by atoms with Gasteiger partial charge in [-0.2, -0.15) is 0 Å². The number of aromatic nitrogens is 3. The normalized spacial score (nSPS) is 27.9. The molecule has 5 rings (SSSR count). The van der Waals surface area contributed by atoms with Gasteiger partial charge in [-0.15, -0.1) is 0 Å². The number of rotatable bonds is 6. The van der Waals surface area contributed by atoms with Crippen LogP contribution in [0, 0.1) is 5.92 Å². The first kappa shape index (κ1) is 18.1. The third-order valence-electron chi connectivity index (χ3n) is 6.32. The number of hydrogen-bond acceptors (Lipinski definition) is 7. The molecule has 3 fully saturated rings. The van der Waals surface area contributed by atoms with E-state index in [9.17, 15) is 0 Å². The minimum absolute atomic E-state index is 0.331. The van der Waals surface area contributed by atoms with Crippen molar-refractivity contribution in [2.75, 3.05) is 30.9 Å². The molecule has 2 aromatic heterocycles. The van der Waals surface area contributed by atoms with Crippen LogP contribution >= 0.6 is 0 Å². The fraction of sp³-hybridized carbons (Fsp3) is 0.667. The average Bonchev–Trinajstić information content (AvgIpc) is 3.39. The van der Waals surface area contributed by atoms with Crippen molar-refractivity contribution in [3.8, 4) is 0 Å². The van der Waals surface area contributed by atoms with Gasteiger partial charge in [-0.05, 0) is 50.9 Å². The van der Waals surface area contributed by atoms with Crippen LogP contribution in [-0.4, -0.2) is 46.9 Å². The molecule has 3 aliphatic rings. The summed E-state index contributed by atoms with van der Waals surface area (Å²) in [4.78, 5) is 13.7. The van der Waals surface area contributed by atoms with Crippen molar-refractivity contribution in [3.05, 3.63) is 18.0 Å². The van der Waals surface area contributed by atoms with Crippen LogP contribution in [-0.2, 0) is 9.47 Å². The molecule has 28 heavy (non-hydrogen) atoms. The quantitative estimate of drug-likeness (QED) is 0.790. The van der Waals surface area contributed by atoms with Crippen LogP contribution in [0.25, 0.3) is 10.9 Å². The van der Waals surface area contributed by atoms with Gasteiger partial charge in [0.25, 0.3) is 0 Å². The first-order chi connectivity index (χ1) is 13.8. The second-order valence-corrected chi connectivity index (χ2v) is 8.51. The van der Waals surface area contributed by atoms with Gasteiger partial charge in [-0.25, -0.2) is 15.0 Å². The van der Waals surface area contributed by atoms with Crippen LogP contribution < -0.4 is 11.1 Å². The van der Waals surface area contributed by atoms with Gasteiger partial charge in [0.15, 0.2) is 0 Å². The third kappa shape index (κ3) is 3.91. The van der Waals surface area contributed by atoms with Gasteiger partial charge in [0.2, 0.25) is 5.95 Å². The van der Waals surface area contributed by atoms with Crippen molar-refractivity contribution in [3.63, 3.8) is 0 Å². The second kappa shape index (κ2) is 7.79. The lowest BCUT2D eigenvalue weighted by molar-refractivity contribution is 0.0203. The molecule has 1 aliphatic heterocycles. The van der Waals surface area contributed by atoms with Crippen LogP contribution in [0.15, 0.2) is 12.4 Å². The minimum Gasteiger partial charge on any atom is -0.383 e. The Bertz CT molecular complexity index is 827. The maximum atomic E-state index is 6.07. The van der Waals surface area contributed by atoms with E-state index in [4.69, 9.17) is 20.2 Å². The molecule has 2 aromatic rings. The molecular formula is C21H29N5O2. The van der Waals surface area contributed by atoms with Crippen molar-refractivity contribution >= 4 is 22.7 Å². The standard InChI is InChI=1S/C21H29N5O2/c22-20-18-10-24-21(26-19(18)17(9-23-20)14-7-8-27-12-14)25-15-3-5-16(6-4-15)28-11-13-1-2-13/h9-10,13-16H,1-8,11-12H2,(H2,22,23)(H,24,25,26)/t14?,15-,16-. The summed E-state index contributed by atoms with van der Waals surface area (Å²) in [5.74, 6) is 2.33. The van der Waals surface area contributed by atoms with Crippen LogP contribution in [0.4, 0.5) is 11.8 Å². The molecule has 1 saturated heterocycles. The number of hydrogen-bond donors (Lipinski definition) is 2. The van der Waals surface area contributed by atoms with Gasteiger partial charge in [0.1, 0.15) is 5.82 Å². The Balaban J connectivity index is 1.27. The van der Waals surface area contributed by atoms with Crippen LogP contribution in [0.2, 0.25) is 0 Å². The molecule has 0 aromatic carbocycles. The van der Waals surface area contributed by atoms with E-state index in [0.717, 1.165) is 74.3 Å². The predicted molar refractivity (Wildman–Crippen MR) is 108 cm³/mol. The maximum Gasteiger partial charge on any atom is 0.223 e. The molecule has 0 spiro atoms. The second-order valence-electron chi connectivity index (χ2n) is 8.51. The van der Waals surface area contributed by atoms with Crippen LogP contribution in [0.3, 0.4) is 0 Å². The topological polar surface area (TPSA) is 95.2 Å². The molecule has 0 radical (unpaired) electrons. The average molecular weight is 383 g/mol. The van der Waals surface area contributed by atoms with E-state index in [-0.39, 0.29) is 0 Å². The Morgan fingerprint density at radius 3 is 2.68 bits per heavy atom. The smallest absolute Gasteiger partial charge is 0.223 e. The molecule has 150 valence electrons. The molecule has 3 heterocycles. The van der Waals surface area contributed by atoms with Crippen LogP contribution in [0.1, 0.15) is 56.4 Å². The summed E-state index contributed by atoms with van der Waals surface area (Å²) < 4.78 is 11.6. The molecular weight excluding hydrogens is 354 g/mol. The molecule has 3 N–H and O–H groups in total. The molecule has 1 atom stereocenters. The molecule has 7 heteroatoms. The maximum absolute atomic E-state index is 6.07. The zero-order chi connectivity index (χ0) is 18.9. The monoisotopic (exact) mass is 383 g/mol. The van der Waals surface area contributed by atoms with Gasteiger partial charge in [0, 0.05) is 43.1 Å². The lowest BCUT2D eigenvalue weighted by Gasteiger charge is -2.29. The summed E-state index contributed by atoms with van der Waals surface area (Å²) in [6.07, 6.45) is 12.2. The van der Waals surface area contributed by atoms with Gasteiger partial charge >= 0.3 is 0 Å². The summed E-state index contributed by atoms with van der Waals surface area (Å²) in [6, 6.07) is 0.399. The Labute approximate surface area is 165 Å². The number of nitrogens with two attached hydrogens (primary N) is 1. The van der Waals surface area contributed by atoms with E-state index < -0.39 is 0 Å². The van der Waals surface area contributed by atoms with Crippen molar-refractivity contribution in [2.45, 2.75) is 63.0 Å². The van der Waals surface area contributed by atoms with Crippen molar-refractivity contribution in [1.29, 1.82) is 0 Å². The molecule has 2 aliphatic carbocycles. The summed E-state index contributed by atoms with van der Waals surface area (Å²) in [6.45, 7) is 2.47. The van der Waals surface area contributed by atoms with Gasteiger partial charge in [-0.1, -0.05) is 0 Å². The third-order valence-corrected chi connectivity index (χ3v) is 6.32. The van der Waals surface area contributed by atoms with Gasteiger partial charge < -0.3 is 20.5 Å². The largest absolute Gasteiger partial charge is 0.383 e. The zero-order valence-corrected chi connectivity index (χ0v) is 16.3. The Morgan fingerprint density at radius 1 is 1.07 bits per heavy atom. The summed E-state index contributed by atoms with van der Waals surface area (Å²) in [5, 5.41) is 4.36. The van der Waals surface area contributed by atoms with Crippen molar-refractivity contribution in [1.82, 2.24) is 15.0 Å². The van der Waals surface area contributed by atoms with Crippen molar-refractivity contribution in [2.24, 2.45) is 5.92 Å². The number of fused-ring (bicyclic) bond motifs is 1. The van der Waals surface area contributed by atoms with E-state index in [0.29, 0.717) is 29.8 Å².